The summed E-state index contributed by atoms with van der Waals surface area (Å²) in [4.78, 5) is 0. The molecule has 1 heterocycles. The van der Waals surface area contributed by atoms with Gasteiger partial charge in [0.05, 0.1) is 0 Å². The molecule has 10 heavy (non-hydrogen) atoms. The van der Waals surface area contributed by atoms with Crippen LogP contribution in [0.5, 0.6) is 0 Å². The van der Waals surface area contributed by atoms with Crippen molar-refractivity contribution in [1.82, 2.24) is 10.2 Å². The molecule has 1 rings (SSSR count). The van der Waals surface area contributed by atoms with E-state index in [-0.39, 0.29) is 0 Å². The van der Waals surface area contributed by atoms with Crippen LogP contribution in [-0.2, 0) is 6.42 Å². The van der Waals surface area contributed by atoms with E-state index < -0.39 is 6.10 Å². The molecule has 0 spiro atoms. The van der Waals surface area contributed by atoms with Gasteiger partial charge in [-0.05, 0) is 13.3 Å². The van der Waals surface area contributed by atoms with Gasteiger partial charge >= 0.3 is 0 Å². The van der Waals surface area contributed by atoms with Crippen LogP contribution in [0.3, 0.4) is 0 Å². The molecule has 0 radical (unpaired) electrons. The molecule has 1 aromatic heterocycles. The monoisotopic (exact) mass is 158 g/mol. The maximum absolute atomic E-state index is 9.04. The molecule has 1 atom stereocenters. The van der Waals surface area contributed by atoms with Crippen LogP contribution < -0.4 is 0 Å². The van der Waals surface area contributed by atoms with E-state index in [0.29, 0.717) is 5.01 Å². The average molecular weight is 158 g/mol. The molecule has 56 valence electrons. The molecule has 3 nitrogen and oxygen atoms in total. The highest BCUT2D eigenvalue weighted by Crippen LogP contribution is 2.16. The summed E-state index contributed by atoms with van der Waals surface area (Å²) in [5.74, 6) is 0. The van der Waals surface area contributed by atoms with Gasteiger partial charge in [0.15, 0.2) is 0 Å². The van der Waals surface area contributed by atoms with E-state index in [2.05, 4.69) is 10.2 Å². The summed E-state index contributed by atoms with van der Waals surface area (Å²) in [5.41, 5.74) is 0. The van der Waals surface area contributed by atoms with Crippen molar-refractivity contribution in [1.29, 1.82) is 0 Å². The van der Waals surface area contributed by atoms with Crippen LogP contribution in [-0.4, -0.2) is 15.3 Å². The Bertz CT molecular complexity index is 209. The first-order valence-electron chi connectivity index (χ1n) is 3.24. The van der Waals surface area contributed by atoms with Crippen LogP contribution in [0.15, 0.2) is 0 Å². The zero-order valence-electron chi connectivity index (χ0n) is 6.03. The van der Waals surface area contributed by atoms with Gasteiger partial charge in [0.2, 0.25) is 0 Å². The summed E-state index contributed by atoms with van der Waals surface area (Å²) in [5, 5.41) is 18.4. The molecule has 0 aromatic carbocycles. The van der Waals surface area contributed by atoms with E-state index in [0.717, 1.165) is 11.4 Å². The largest absolute Gasteiger partial charge is 0.386 e. The number of aliphatic hydroxyl groups is 1. The number of nitrogens with zero attached hydrogens (tertiary/aromatic N) is 2. The van der Waals surface area contributed by atoms with E-state index in [1.165, 1.54) is 11.3 Å². The molecule has 0 unspecified atom stereocenters. The Morgan fingerprint density at radius 3 is 2.60 bits per heavy atom. The van der Waals surface area contributed by atoms with Gasteiger partial charge < -0.3 is 5.11 Å². The summed E-state index contributed by atoms with van der Waals surface area (Å²) in [7, 11) is 0. The first-order chi connectivity index (χ1) is 4.74. The second-order valence-corrected chi connectivity index (χ2v) is 3.16. The smallest absolute Gasteiger partial charge is 0.145 e. The van der Waals surface area contributed by atoms with Gasteiger partial charge in [-0.25, -0.2) is 0 Å². The lowest BCUT2D eigenvalue weighted by atomic mass is 10.4. The molecule has 0 saturated carbocycles. The first-order valence-corrected chi connectivity index (χ1v) is 4.06. The Kier molecular flexibility index (Phi) is 2.34. The summed E-state index contributed by atoms with van der Waals surface area (Å²) in [6.45, 7) is 3.71. The van der Waals surface area contributed by atoms with Crippen LogP contribution >= 0.6 is 11.3 Å². The topological polar surface area (TPSA) is 46.0 Å². The number of aliphatic hydroxyl groups excluding tert-OH is 1. The standard InChI is InChI=1S/C6H10N2OS/c1-3-5-7-8-6(10-5)4(2)9/h4,9H,3H2,1-2H3/t4-/m1/s1. The van der Waals surface area contributed by atoms with Gasteiger partial charge in [-0.3, -0.25) is 0 Å². The van der Waals surface area contributed by atoms with Gasteiger partial charge in [-0.15, -0.1) is 10.2 Å². The van der Waals surface area contributed by atoms with E-state index in [9.17, 15) is 0 Å². The quantitative estimate of drug-likeness (QED) is 0.702. The zero-order valence-corrected chi connectivity index (χ0v) is 6.85. The van der Waals surface area contributed by atoms with E-state index >= 15 is 0 Å². The third-order valence-corrected chi connectivity index (χ3v) is 2.38. The summed E-state index contributed by atoms with van der Waals surface area (Å²) in [6, 6.07) is 0. The third kappa shape index (κ3) is 1.52. The SMILES string of the molecule is CCc1nnc([C@@H](C)O)s1. The molecule has 4 heteroatoms. The highest BCUT2D eigenvalue weighted by molar-refractivity contribution is 7.11. The van der Waals surface area contributed by atoms with E-state index in [1.54, 1.807) is 6.92 Å². The van der Waals surface area contributed by atoms with Crippen molar-refractivity contribution >= 4 is 11.3 Å². The predicted molar refractivity (Wildman–Crippen MR) is 39.9 cm³/mol. The highest BCUT2D eigenvalue weighted by Gasteiger charge is 2.06. The van der Waals surface area contributed by atoms with Gasteiger partial charge in [0.1, 0.15) is 16.1 Å². The molecule has 1 aromatic rings. The molecular weight excluding hydrogens is 148 g/mol. The lowest BCUT2D eigenvalue weighted by Crippen LogP contribution is -1.88. The fraction of sp³-hybridized carbons (Fsp3) is 0.667. The van der Waals surface area contributed by atoms with Crippen molar-refractivity contribution in [2.24, 2.45) is 0 Å². The number of aryl methyl sites for hydroxylation is 1. The molecule has 0 saturated heterocycles. The Balaban J connectivity index is 2.78. The molecule has 0 aliphatic rings. The highest BCUT2D eigenvalue weighted by atomic mass is 32.1. The van der Waals surface area contributed by atoms with Gasteiger partial charge in [0.25, 0.3) is 0 Å². The normalized spacial score (nSPS) is 13.5. The molecule has 0 aliphatic carbocycles. The molecule has 0 aliphatic heterocycles. The van der Waals surface area contributed by atoms with Crippen molar-refractivity contribution in [2.45, 2.75) is 26.4 Å². The second kappa shape index (κ2) is 3.07. The number of hydrogen-bond acceptors (Lipinski definition) is 4. The minimum absolute atomic E-state index is 0.474. The van der Waals surface area contributed by atoms with Gasteiger partial charge in [-0.1, -0.05) is 18.3 Å². The fourth-order valence-electron chi connectivity index (χ4n) is 0.578. The summed E-state index contributed by atoms with van der Waals surface area (Å²) in [6.07, 6.45) is 0.419. The maximum Gasteiger partial charge on any atom is 0.145 e. The Labute approximate surface area is 63.7 Å². The minimum Gasteiger partial charge on any atom is -0.386 e. The molecular formula is C6H10N2OS. The van der Waals surface area contributed by atoms with Crippen molar-refractivity contribution in [3.63, 3.8) is 0 Å². The first kappa shape index (κ1) is 7.63. The second-order valence-electron chi connectivity index (χ2n) is 2.06. The van der Waals surface area contributed by atoms with Crippen molar-refractivity contribution in [3.8, 4) is 0 Å². The lowest BCUT2D eigenvalue weighted by molar-refractivity contribution is 0.198. The number of rotatable bonds is 2. The third-order valence-electron chi connectivity index (χ3n) is 1.14. The van der Waals surface area contributed by atoms with Crippen LogP contribution in [0.4, 0.5) is 0 Å². The van der Waals surface area contributed by atoms with Crippen LogP contribution in [0.2, 0.25) is 0 Å². The van der Waals surface area contributed by atoms with Gasteiger partial charge in [0, 0.05) is 0 Å². The Hall–Kier alpha value is -0.480. The molecule has 0 fully saturated rings. The Morgan fingerprint density at radius 2 is 2.30 bits per heavy atom. The van der Waals surface area contributed by atoms with Crippen molar-refractivity contribution < 1.29 is 5.11 Å². The van der Waals surface area contributed by atoms with Crippen LogP contribution in [0, 0.1) is 0 Å². The summed E-state index contributed by atoms with van der Waals surface area (Å²) >= 11 is 1.47. The van der Waals surface area contributed by atoms with Crippen molar-refractivity contribution in [2.75, 3.05) is 0 Å². The van der Waals surface area contributed by atoms with Crippen LogP contribution in [0.1, 0.15) is 30.0 Å². The number of hydrogen-bond donors (Lipinski definition) is 1. The van der Waals surface area contributed by atoms with E-state index in [4.69, 9.17) is 5.11 Å². The zero-order chi connectivity index (χ0) is 7.56. The molecule has 0 bridgehead atoms. The Morgan fingerprint density at radius 1 is 1.60 bits per heavy atom. The maximum atomic E-state index is 9.04. The molecule has 1 N–H and O–H groups in total. The van der Waals surface area contributed by atoms with E-state index in [1.807, 2.05) is 6.92 Å². The average Bonchev–Trinajstić information content (AvgIpc) is 2.34. The predicted octanol–water partition coefficient (Wildman–Crippen LogP) is 1.15. The minimum atomic E-state index is -0.474. The number of aromatic nitrogens is 2. The van der Waals surface area contributed by atoms with Crippen molar-refractivity contribution in [3.05, 3.63) is 10.0 Å². The van der Waals surface area contributed by atoms with Gasteiger partial charge in [-0.2, -0.15) is 0 Å². The summed E-state index contributed by atoms with van der Waals surface area (Å²) < 4.78 is 0. The lowest BCUT2D eigenvalue weighted by Gasteiger charge is -1.92. The van der Waals surface area contributed by atoms with Crippen LogP contribution in [0.25, 0.3) is 0 Å². The fourth-order valence-corrected chi connectivity index (χ4v) is 1.30. The molecule has 0 amide bonds.